The highest BCUT2D eigenvalue weighted by Gasteiger charge is 2.43. The van der Waals surface area contributed by atoms with E-state index >= 15 is 0 Å². The minimum Gasteiger partial charge on any atom is -0.456 e. The van der Waals surface area contributed by atoms with Gasteiger partial charge in [-0.1, -0.05) is 24.3 Å². The third-order valence-electron chi connectivity index (χ3n) is 4.23. The Labute approximate surface area is 164 Å². The van der Waals surface area contributed by atoms with Gasteiger partial charge < -0.3 is 4.74 Å². The van der Waals surface area contributed by atoms with E-state index in [1.165, 1.54) is 42.1 Å². The zero-order valence-electron chi connectivity index (χ0n) is 14.9. The topological polar surface area (TPSA) is 80.8 Å². The van der Waals surface area contributed by atoms with Crippen molar-refractivity contribution in [2.45, 2.75) is 6.04 Å². The van der Waals surface area contributed by atoms with Crippen LogP contribution in [0.25, 0.3) is 0 Å². The molecule has 2 amide bonds. The minimum atomic E-state index is -1.16. The van der Waals surface area contributed by atoms with E-state index in [2.05, 4.69) is 0 Å². The summed E-state index contributed by atoms with van der Waals surface area (Å²) in [5.74, 6) is -3.06. The fourth-order valence-electron chi connectivity index (χ4n) is 2.87. The van der Waals surface area contributed by atoms with Gasteiger partial charge in [-0.05, 0) is 30.5 Å². The van der Waals surface area contributed by atoms with Crippen LogP contribution in [0.5, 0.6) is 0 Å². The first-order valence-corrected chi connectivity index (χ1v) is 9.74. The Balaban J connectivity index is 1.74. The Hall–Kier alpha value is -3.00. The summed E-state index contributed by atoms with van der Waals surface area (Å²) in [7, 11) is 0. The van der Waals surface area contributed by atoms with Crippen molar-refractivity contribution in [3.63, 3.8) is 0 Å². The van der Waals surface area contributed by atoms with Crippen molar-refractivity contribution in [1.82, 2.24) is 4.90 Å². The predicted octanol–water partition coefficient (Wildman–Crippen LogP) is 2.58. The van der Waals surface area contributed by atoms with Crippen LogP contribution in [-0.4, -0.2) is 53.1 Å². The number of carbonyl (C=O) groups excluding carboxylic acids is 4. The first-order chi connectivity index (χ1) is 13.4. The molecule has 1 heterocycles. The third kappa shape index (κ3) is 3.82. The number of hydrogen-bond donors (Lipinski definition) is 0. The van der Waals surface area contributed by atoms with Crippen LogP contribution < -0.4 is 0 Å². The van der Waals surface area contributed by atoms with E-state index in [0.717, 1.165) is 11.0 Å². The van der Waals surface area contributed by atoms with Gasteiger partial charge in [0, 0.05) is 11.3 Å². The molecule has 0 bridgehead atoms. The number of benzene rings is 2. The quantitative estimate of drug-likeness (QED) is 0.403. The van der Waals surface area contributed by atoms with Gasteiger partial charge in [-0.25, -0.2) is 9.18 Å². The smallest absolute Gasteiger partial charge is 0.330 e. The third-order valence-corrected chi connectivity index (χ3v) is 4.87. The fraction of sp³-hybridized carbons (Fsp3) is 0.200. The lowest BCUT2D eigenvalue weighted by Gasteiger charge is -2.23. The summed E-state index contributed by atoms with van der Waals surface area (Å²) in [5.41, 5.74) is 0.513. The number of ketones is 1. The number of amides is 2. The number of esters is 1. The SMILES string of the molecule is CSC[C@H](C(=O)OCC(=O)c1cccc(F)c1)N1C(=O)c2ccccc2C1=O. The van der Waals surface area contributed by atoms with E-state index in [-0.39, 0.29) is 22.4 Å². The van der Waals surface area contributed by atoms with Crippen LogP contribution in [0.4, 0.5) is 4.39 Å². The van der Waals surface area contributed by atoms with Gasteiger partial charge in [0.1, 0.15) is 11.9 Å². The summed E-state index contributed by atoms with van der Waals surface area (Å²) in [6.45, 7) is -0.615. The standard InChI is InChI=1S/C20H16FNO5S/c1-28-11-16(22-18(24)14-7-2-3-8-15(14)19(22)25)20(26)27-10-17(23)12-5-4-6-13(21)9-12/h2-9,16H,10-11H2,1H3/t16-/m1/s1. The van der Waals surface area contributed by atoms with Gasteiger partial charge in [-0.3, -0.25) is 19.3 Å². The van der Waals surface area contributed by atoms with Crippen molar-refractivity contribution in [3.05, 3.63) is 71.0 Å². The second-order valence-corrected chi connectivity index (χ2v) is 6.95. The molecule has 0 spiro atoms. The molecule has 3 rings (SSSR count). The van der Waals surface area contributed by atoms with Crippen LogP contribution in [0.15, 0.2) is 48.5 Å². The molecule has 2 aromatic carbocycles. The highest BCUT2D eigenvalue weighted by atomic mass is 32.2. The van der Waals surface area contributed by atoms with Crippen molar-refractivity contribution in [2.75, 3.05) is 18.6 Å². The molecule has 0 N–H and O–H groups in total. The lowest BCUT2D eigenvalue weighted by atomic mass is 10.1. The lowest BCUT2D eigenvalue weighted by Crippen LogP contribution is -2.47. The van der Waals surface area contributed by atoms with Gasteiger partial charge in [-0.15, -0.1) is 0 Å². The number of thioether (sulfide) groups is 1. The van der Waals surface area contributed by atoms with Gasteiger partial charge >= 0.3 is 5.97 Å². The van der Waals surface area contributed by atoms with E-state index in [0.29, 0.717) is 0 Å². The average molecular weight is 401 g/mol. The van der Waals surface area contributed by atoms with E-state index in [4.69, 9.17) is 4.74 Å². The fourth-order valence-corrected chi connectivity index (χ4v) is 3.48. The van der Waals surface area contributed by atoms with Crippen LogP contribution >= 0.6 is 11.8 Å². The maximum Gasteiger partial charge on any atom is 0.330 e. The molecular formula is C20H16FNO5S. The molecule has 8 heteroatoms. The first kappa shape index (κ1) is 19.8. The molecule has 6 nitrogen and oxygen atoms in total. The maximum atomic E-state index is 13.2. The van der Waals surface area contributed by atoms with Gasteiger partial charge in [0.25, 0.3) is 11.8 Å². The summed E-state index contributed by atoms with van der Waals surface area (Å²) < 4.78 is 18.3. The Kier molecular flexibility index (Phi) is 5.89. The number of fused-ring (bicyclic) bond motifs is 1. The number of hydrogen-bond acceptors (Lipinski definition) is 6. The second-order valence-electron chi connectivity index (χ2n) is 6.04. The van der Waals surface area contributed by atoms with Gasteiger partial charge in [0.15, 0.2) is 12.4 Å². The second kappa shape index (κ2) is 8.35. The number of ether oxygens (including phenoxy) is 1. The summed E-state index contributed by atoms with van der Waals surface area (Å²) in [5, 5.41) is 0. The molecule has 1 atom stereocenters. The number of carbonyl (C=O) groups is 4. The zero-order chi connectivity index (χ0) is 20.3. The first-order valence-electron chi connectivity index (χ1n) is 8.35. The van der Waals surface area contributed by atoms with Crippen molar-refractivity contribution < 1.29 is 28.3 Å². The van der Waals surface area contributed by atoms with Gasteiger partial charge in [0.2, 0.25) is 0 Å². The largest absolute Gasteiger partial charge is 0.456 e. The van der Waals surface area contributed by atoms with Crippen LogP contribution in [0.1, 0.15) is 31.1 Å². The molecule has 1 aliphatic rings. The van der Waals surface area contributed by atoms with Crippen molar-refractivity contribution in [1.29, 1.82) is 0 Å². The molecular weight excluding hydrogens is 385 g/mol. The Bertz CT molecular complexity index is 926. The molecule has 0 radical (unpaired) electrons. The number of halogens is 1. The molecule has 1 aliphatic heterocycles. The molecule has 0 aromatic heterocycles. The van der Waals surface area contributed by atoms with Gasteiger partial charge in [0.05, 0.1) is 11.1 Å². The van der Waals surface area contributed by atoms with Crippen LogP contribution in [0.2, 0.25) is 0 Å². The number of imide groups is 1. The van der Waals surface area contributed by atoms with Crippen molar-refractivity contribution >= 4 is 35.3 Å². The molecule has 28 heavy (non-hydrogen) atoms. The maximum absolute atomic E-state index is 13.2. The van der Waals surface area contributed by atoms with E-state index in [9.17, 15) is 23.6 Å². The Morgan fingerprint density at radius 2 is 1.71 bits per heavy atom. The summed E-state index contributed by atoms with van der Waals surface area (Å²) in [6, 6.07) is 10.2. The van der Waals surface area contributed by atoms with Crippen LogP contribution in [0.3, 0.4) is 0 Å². The minimum absolute atomic E-state index is 0.0648. The van der Waals surface area contributed by atoms with Gasteiger partial charge in [-0.2, -0.15) is 11.8 Å². The van der Waals surface area contributed by atoms with Crippen LogP contribution in [0, 0.1) is 5.82 Å². The van der Waals surface area contributed by atoms with E-state index in [1.54, 1.807) is 18.4 Å². The molecule has 0 fully saturated rings. The Morgan fingerprint density at radius 3 is 2.29 bits per heavy atom. The molecule has 2 aromatic rings. The van der Waals surface area contributed by atoms with E-state index in [1.807, 2.05) is 0 Å². The molecule has 0 saturated carbocycles. The number of Topliss-reactive ketones (excluding diaryl/α,β-unsaturated/α-hetero) is 1. The van der Waals surface area contributed by atoms with E-state index < -0.39 is 42.0 Å². The highest BCUT2D eigenvalue weighted by molar-refractivity contribution is 7.98. The summed E-state index contributed by atoms with van der Waals surface area (Å²) in [6.07, 6.45) is 1.72. The Morgan fingerprint density at radius 1 is 1.07 bits per heavy atom. The molecule has 144 valence electrons. The molecule has 0 saturated heterocycles. The summed E-state index contributed by atoms with van der Waals surface area (Å²) >= 11 is 1.26. The molecule has 0 aliphatic carbocycles. The highest BCUT2D eigenvalue weighted by Crippen LogP contribution is 2.26. The number of rotatable bonds is 7. The van der Waals surface area contributed by atoms with Crippen LogP contribution in [-0.2, 0) is 9.53 Å². The van der Waals surface area contributed by atoms with Crippen molar-refractivity contribution in [2.24, 2.45) is 0 Å². The molecule has 0 unspecified atom stereocenters. The average Bonchev–Trinajstić information content (AvgIpc) is 2.95. The van der Waals surface area contributed by atoms with Crippen molar-refractivity contribution in [3.8, 4) is 0 Å². The number of nitrogens with zero attached hydrogens (tertiary/aromatic N) is 1. The lowest BCUT2D eigenvalue weighted by molar-refractivity contribution is -0.146. The summed E-state index contributed by atoms with van der Waals surface area (Å²) in [4.78, 5) is 50.8. The zero-order valence-corrected chi connectivity index (χ0v) is 15.7. The normalized spacial score (nSPS) is 14.0. The predicted molar refractivity (Wildman–Crippen MR) is 101 cm³/mol. The monoisotopic (exact) mass is 401 g/mol.